The molecule has 0 heterocycles. The third kappa shape index (κ3) is 6.83. The molecular weight excluding hydrogens is 442 g/mol. The van der Waals surface area contributed by atoms with Crippen LogP contribution < -0.4 is 16.0 Å². The Morgan fingerprint density at radius 3 is 2.12 bits per heavy atom. The molecule has 0 fully saturated rings. The third-order valence-electron chi connectivity index (χ3n) is 4.48. The Balaban J connectivity index is 1.55. The van der Waals surface area contributed by atoms with Crippen LogP contribution in [0.1, 0.15) is 22.8 Å². The number of aromatic carboxylic acids is 1. The summed E-state index contributed by atoms with van der Waals surface area (Å²) < 4.78 is 0. The molecule has 4 N–H and O–H groups in total. The second-order valence-electron chi connectivity index (χ2n) is 7.10. The Labute approximate surface area is 196 Å². The predicted octanol–water partition coefficient (Wildman–Crippen LogP) is 5.62. The molecule has 32 heavy (non-hydrogen) atoms. The van der Waals surface area contributed by atoms with Crippen molar-refractivity contribution in [1.29, 1.82) is 0 Å². The fourth-order valence-electron chi connectivity index (χ4n) is 2.78. The first-order valence-corrected chi connectivity index (χ1v) is 11.1. The van der Waals surface area contributed by atoms with Gasteiger partial charge in [-0.1, -0.05) is 23.8 Å². The summed E-state index contributed by atoms with van der Waals surface area (Å²) in [6, 6.07) is 21.7. The fourth-order valence-corrected chi connectivity index (χ4v) is 3.94. The molecule has 1 unspecified atom stereocenters. The number of carbonyl (C=O) groups is 2. The minimum Gasteiger partial charge on any atom is -0.478 e. The third-order valence-corrected chi connectivity index (χ3v) is 5.78. The van der Waals surface area contributed by atoms with Gasteiger partial charge in [0.05, 0.1) is 10.8 Å². The molecule has 0 aliphatic rings. The molecule has 0 aliphatic heterocycles. The lowest BCUT2D eigenvalue weighted by atomic mass is 10.2. The van der Waals surface area contributed by atoms with E-state index in [9.17, 15) is 9.59 Å². The lowest BCUT2D eigenvalue weighted by Crippen LogP contribution is -2.22. The molecule has 0 aliphatic carbocycles. The number of rotatable bonds is 7. The van der Waals surface area contributed by atoms with Crippen LogP contribution in [0.15, 0.2) is 77.7 Å². The van der Waals surface area contributed by atoms with E-state index in [4.69, 9.17) is 17.3 Å². The number of thioether (sulfide) groups is 1. The number of carboxylic acids is 1. The normalized spacial score (nSPS) is 11.3. The van der Waals surface area contributed by atoms with Crippen LogP contribution in [-0.4, -0.2) is 27.3 Å². The number of carboxylic acid groups (broad SMARTS) is 1. The fraction of sp³-hybridized carbons (Fsp3) is 0.125. The van der Waals surface area contributed by atoms with Crippen molar-refractivity contribution in [1.82, 2.24) is 0 Å². The van der Waals surface area contributed by atoms with Crippen LogP contribution in [0, 0.1) is 6.92 Å². The maximum atomic E-state index is 12.5. The van der Waals surface area contributed by atoms with Crippen molar-refractivity contribution >= 4 is 58.0 Å². The molecule has 8 heteroatoms. The number of carbonyl (C=O) groups excluding carboxylic acids is 1. The monoisotopic (exact) mass is 465 g/mol. The highest BCUT2D eigenvalue weighted by Gasteiger charge is 2.15. The summed E-state index contributed by atoms with van der Waals surface area (Å²) in [5.74, 6) is -1.18. The zero-order valence-corrected chi connectivity index (χ0v) is 19.2. The number of aryl methyl sites for hydroxylation is 1. The molecule has 0 aromatic heterocycles. The van der Waals surface area contributed by atoms with E-state index in [1.165, 1.54) is 29.5 Å². The molecule has 3 aromatic carbocycles. The summed E-state index contributed by atoms with van der Waals surface area (Å²) >= 11 is 6.81. The van der Waals surface area contributed by atoms with Gasteiger partial charge in [-0.05, 0) is 80.7 Å². The highest BCUT2D eigenvalue weighted by molar-refractivity contribution is 8.00. The standard InChI is InChI=1S/C24H23N3O3S2/c1-15-6-10-19(11-7-15)26-24(31)27-20-4-3-5-21(14-20)32-16(2)22(28)25-18-12-8-17(9-13-18)23(29)30/h3-14,16H,1-2H3,(H,25,28)(H,29,30)(H2,26,27,31). The molecule has 0 spiro atoms. The zero-order chi connectivity index (χ0) is 23.1. The van der Waals surface area contributed by atoms with E-state index >= 15 is 0 Å². The number of nitrogens with one attached hydrogen (secondary N) is 3. The predicted molar refractivity (Wildman–Crippen MR) is 135 cm³/mol. The van der Waals surface area contributed by atoms with Crippen LogP contribution >= 0.6 is 24.0 Å². The Hall–Kier alpha value is -3.36. The van der Waals surface area contributed by atoms with Gasteiger partial charge in [0.25, 0.3) is 0 Å². The Bertz CT molecular complexity index is 1120. The summed E-state index contributed by atoms with van der Waals surface area (Å²) in [5, 5.41) is 18.2. The van der Waals surface area contributed by atoms with Crippen LogP contribution in [-0.2, 0) is 4.79 Å². The van der Waals surface area contributed by atoms with Gasteiger partial charge in [-0.3, -0.25) is 4.79 Å². The van der Waals surface area contributed by atoms with Crippen LogP contribution in [0.2, 0.25) is 0 Å². The molecule has 6 nitrogen and oxygen atoms in total. The first-order valence-electron chi connectivity index (χ1n) is 9.86. The van der Waals surface area contributed by atoms with Gasteiger partial charge in [-0.25, -0.2) is 4.79 Å². The molecule has 3 aromatic rings. The molecule has 0 bridgehead atoms. The largest absolute Gasteiger partial charge is 0.478 e. The SMILES string of the molecule is Cc1ccc(NC(=S)Nc2cccc(SC(C)C(=O)Nc3ccc(C(=O)O)cc3)c2)cc1. The Morgan fingerprint density at radius 2 is 1.47 bits per heavy atom. The lowest BCUT2D eigenvalue weighted by Gasteiger charge is -2.14. The van der Waals surface area contributed by atoms with E-state index in [0.717, 1.165) is 16.3 Å². The molecule has 0 saturated carbocycles. The van der Waals surface area contributed by atoms with E-state index in [1.807, 2.05) is 62.4 Å². The first-order chi connectivity index (χ1) is 15.3. The number of hydrogen-bond donors (Lipinski definition) is 4. The maximum absolute atomic E-state index is 12.5. The van der Waals surface area contributed by atoms with Gasteiger partial charge < -0.3 is 21.1 Å². The van der Waals surface area contributed by atoms with Crippen LogP contribution in [0.3, 0.4) is 0 Å². The van der Waals surface area contributed by atoms with Crippen molar-refractivity contribution < 1.29 is 14.7 Å². The number of benzene rings is 3. The second-order valence-corrected chi connectivity index (χ2v) is 8.93. The van der Waals surface area contributed by atoms with Crippen molar-refractivity contribution in [3.63, 3.8) is 0 Å². The van der Waals surface area contributed by atoms with Gasteiger partial charge in [-0.15, -0.1) is 11.8 Å². The summed E-state index contributed by atoms with van der Waals surface area (Å²) in [6.45, 7) is 3.84. The minimum absolute atomic E-state index is 0.171. The number of amides is 1. The molecular formula is C24H23N3O3S2. The topological polar surface area (TPSA) is 90.5 Å². The van der Waals surface area contributed by atoms with Crippen molar-refractivity contribution in [3.8, 4) is 0 Å². The summed E-state index contributed by atoms with van der Waals surface area (Å²) in [6.07, 6.45) is 0. The summed E-state index contributed by atoms with van der Waals surface area (Å²) in [7, 11) is 0. The van der Waals surface area contributed by atoms with Crippen molar-refractivity contribution in [2.75, 3.05) is 16.0 Å². The number of thiocarbonyl (C=S) groups is 1. The molecule has 0 radical (unpaired) electrons. The van der Waals surface area contributed by atoms with Gasteiger partial charge in [-0.2, -0.15) is 0 Å². The van der Waals surface area contributed by atoms with Gasteiger partial charge in [0.2, 0.25) is 5.91 Å². The van der Waals surface area contributed by atoms with Gasteiger partial charge in [0.1, 0.15) is 0 Å². The van der Waals surface area contributed by atoms with E-state index in [0.29, 0.717) is 10.8 Å². The minimum atomic E-state index is -1.01. The van der Waals surface area contributed by atoms with Crippen LogP contribution in [0.5, 0.6) is 0 Å². The molecule has 0 saturated heterocycles. The van der Waals surface area contributed by atoms with E-state index in [2.05, 4.69) is 16.0 Å². The molecule has 1 amide bonds. The quantitative estimate of drug-likeness (QED) is 0.266. The lowest BCUT2D eigenvalue weighted by molar-refractivity contribution is -0.115. The highest BCUT2D eigenvalue weighted by atomic mass is 32.2. The Kier molecular flexibility index (Phi) is 7.86. The number of anilines is 3. The van der Waals surface area contributed by atoms with Gasteiger partial charge in [0, 0.05) is 22.0 Å². The average Bonchev–Trinajstić information content (AvgIpc) is 2.76. The highest BCUT2D eigenvalue weighted by Crippen LogP contribution is 2.27. The van der Waals surface area contributed by atoms with Crippen LogP contribution in [0.25, 0.3) is 0 Å². The maximum Gasteiger partial charge on any atom is 0.335 e. The smallest absolute Gasteiger partial charge is 0.335 e. The second kappa shape index (κ2) is 10.8. The summed E-state index contributed by atoms with van der Waals surface area (Å²) in [4.78, 5) is 24.4. The van der Waals surface area contributed by atoms with E-state index in [-0.39, 0.29) is 16.7 Å². The van der Waals surface area contributed by atoms with E-state index in [1.54, 1.807) is 12.1 Å². The summed E-state index contributed by atoms with van der Waals surface area (Å²) in [5.41, 5.74) is 3.62. The Morgan fingerprint density at radius 1 is 0.875 bits per heavy atom. The molecule has 3 rings (SSSR count). The van der Waals surface area contributed by atoms with E-state index < -0.39 is 5.97 Å². The molecule has 1 atom stereocenters. The zero-order valence-electron chi connectivity index (χ0n) is 17.6. The average molecular weight is 466 g/mol. The van der Waals surface area contributed by atoms with Gasteiger partial charge in [0.15, 0.2) is 5.11 Å². The van der Waals surface area contributed by atoms with Crippen molar-refractivity contribution in [2.45, 2.75) is 24.0 Å². The first kappa shape index (κ1) is 23.3. The van der Waals surface area contributed by atoms with Crippen LogP contribution in [0.4, 0.5) is 17.1 Å². The van der Waals surface area contributed by atoms with Crippen molar-refractivity contribution in [2.24, 2.45) is 0 Å². The van der Waals surface area contributed by atoms with Gasteiger partial charge >= 0.3 is 5.97 Å². The number of hydrogen-bond acceptors (Lipinski definition) is 4. The molecule has 164 valence electrons. The van der Waals surface area contributed by atoms with Crippen molar-refractivity contribution in [3.05, 3.63) is 83.9 Å².